The number of hydrogen-bond acceptors (Lipinski definition) is 2. The number of hydrogen-bond donors (Lipinski definition) is 2. The van der Waals surface area contributed by atoms with Crippen LogP contribution in [0.3, 0.4) is 0 Å². The van der Waals surface area contributed by atoms with E-state index >= 15 is 0 Å². The Hall–Kier alpha value is -0.570. The molecule has 1 unspecified atom stereocenters. The molecule has 2 aliphatic rings. The summed E-state index contributed by atoms with van der Waals surface area (Å²) in [5, 5.41) is 0. The first-order valence-electron chi connectivity index (χ1n) is 4.69. The number of fused-ring (bicyclic) bond motifs is 1. The molecule has 0 aromatic heterocycles. The van der Waals surface area contributed by atoms with E-state index in [0.29, 0.717) is 12.3 Å². The average Bonchev–Trinajstić information content (AvgIpc) is 1.99. The number of rotatable bonds is 2. The van der Waals surface area contributed by atoms with Gasteiger partial charge in [0.15, 0.2) is 0 Å². The number of amides is 1. The molecule has 0 aromatic carbocycles. The highest BCUT2D eigenvalue weighted by molar-refractivity contribution is 5.75. The van der Waals surface area contributed by atoms with Crippen molar-refractivity contribution in [1.82, 2.24) is 0 Å². The molecule has 68 valence electrons. The summed E-state index contributed by atoms with van der Waals surface area (Å²) in [6.45, 7) is 0. The van der Waals surface area contributed by atoms with Gasteiger partial charge in [0.1, 0.15) is 0 Å². The third kappa shape index (κ3) is 1.04. The van der Waals surface area contributed by atoms with Gasteiger partial charge in [-0.05, 0) is 37.5 Å². The van der Waals surface area contributed by atoms with E-state index in [1.807, 2.05) is 0 Å². The summed E-state index contributed by atoms with van der Waals surface area (Å²) in [5.41, 5.74) is 11.1. The molecule has 0 bridgehead atoms. The number of carbonyl (C=O) groups excluding carboxylic acids is 1. The Bertz CT molecular complexity index is 217. The topological polar surface area (TPSA) is 69.1 Å². The first-order valence-corrected chi connectivity index (χ1v) is 4.69. The molecule has 1 amide bonds. The van der Waals surface area contributed by atoms with Crippen LogP contribution >= 0.6 is 0 Å². The zero-order valence-corrected chi connectivity index (χ0v) is 7.25. The molecule has 0 saturated heterocycles. The van der Waals surface area contributed by atoms with Crippen LogP contribution in [-0.4, -0.2) is 11.4 Å². The quantitative estimate of drug-likeness (QED) is 0.625. The molecule has 2 saturated carbocycles. The first kappa shape index (κ1) is 8.05. The van der Waals surface area contributed by atoms with Crippen LogP contribution in [0.4, 0.5) is 0 Å². The van der Waals surface area contributed by atoms with E-state index in [0.717, 1.165) is 12.3 Å². The van der Waals surface area contributed by atoms with Gasteiger partial charge in [-0.2, -0.15) is 0 Å². The molecule has 0 radical (unpaired) electrons. The van der Waals surface area contributed by atoms with E-state index in [1.165, 1.54) is 19.3 Å². The van der Waals surface area contributed by atoms with Crippen molar-refractivity contribution < 1.29 is 4.79 Å². The highest BCUT2D eigenvalue weighted by Gasteiger charge is 2.50. The second-order valence-corrected chi connectivity index (χ2v) is 4.36. The van der Waals surface area contributed by atoms with E-state index in [4.69, 9.17) is 11.5 Å². The van der Waals surface area contributed by atoms with Crippen LogP contribution < -0.4 is 11.5 Å². The third-order valence-corrected chi connectivity index (χ3v) is 3.64. The molecule has 12 heavy (non-hydrogen) atoms. The molecule has 2 fully saturated rings. The number of carbonyl (C=O) groups is 1. The van der Waals surface area contributed by atoms with E-state index in [-0.39, 0.29) is 11.4 Å². The highest BCUT2D eigenvalue weighted by atomic mass is 16.1. The minimum atomic E-state index is -0.245. The summed E-state index contributed by atoms with van der Waals surface area (Å²) in [7, 11) is 0. The van der Waals surface area contributed by atoms with Gasteiger partial charge in [-0.1, -0.05) is 0 Å². The normalized spacial score (nSPS) is 45.1. The smallest absolute Gasteiger partial charge is 0.219 e. The van der Waals surface area contributed by atoms with Gasteiger partial charge >= 0.3 is 0 Å². The van der Waals surface area contributed by atoms with Gasteiger partial charge in [0.25, 0.3) is 0 Å². The van der Waals surface area contributed by atoms with Gasteiger partial charge in [0.2, 0.25) is 5.91 Å². The molecule has 0 aliphatic heterocycles. The Morgan fingerprint density at radius 3 is 2.58 bits per heavy atom. The molecule has 0 aromatic rings. The van der Waals surface area contributed by atoms with E-state index in [1.54, 1.807) is 0 Å². The number of nitrogens with two attached hydrogens (primary N) is 2. The molecular formula is C9H16N2O. The molecular weight excluding hydrogens is 152 g/mol. The van der Waals surface area contributed by atoms with Crippen LogP contribution in [0.25, 0.3) is 0 Å². The molecule has 0 spiro atoms. The summed E-state index contributed by atoms with van der Waals surface area (Å²) >= 11 is 0. The van der Waals surface area contributed by atoms with Gasteiger partial charge in [0, 0.05) is 12.0 Å². The summed E-state index contributed by atoms with van der Waals surface area (Å²) in [5.74, 6) is 1.14. The second kappa shape index (κ2) is 2.46. The van der Waals surface area contributed by atoms with Gasteiger partial charge in [-0.25, -0.2) is 0 Å². The fraction of sp³-hybridized carbons (Fsp3) is 0.889. The Balaban J connectivity index is 2.05. The maximum Gasteiger partial charge on any atom is 0.219 e. The second-order valence-electron chi connectivity index (χ2n) is 4.36. The van der Waals surface area contributed by atoms with Crippen molar-refractivity contribution >= 4 is 5.91 Å². The molecule has 2 aliphatic carbocycles. The maximum absolute atomic E-state index is 10.8. The SMILES string of the molecule is NC(=O)CC1(N)CC[C@H]2CC[C@H]21. The Morgan fingerprint density at radius 2 is 2.17 bits per heavy atom. The van der Waals surface area contributed by atoms with Crippen LogP contribution in [0.15, 0.2) is 0 Å². The lowest BCUT2D eigenvalue weighted by Gasteiger charge is -2.40. The van der Waals surface area contributed by atoms with Gasteiger partial charge < -0.3 is 11.5 Å². The molecule has 2 rings (SSSR count). The van der Waals surface area contributed by atoms with Crippen LogP contribution in [-0.2, 0) is 4.79 Å². The molecule has 0 heterocycles. The molecule has 3 nitrogen and oxygen atoms in total. The molecule has 3 atom stereocenters. The minimum absolute atomic E-state index is 0.241. The van der Waals surface area contributed by atoms with Crippen LogP contribution in [0.2, 0.25) is 0 Å². The standard InChI is InChI=1S/C9H16N2O/c10-8(12)5-9(11)4-3-6-1-2-7(6)9/h6-7H,1-5,11H2,(H2,10,12)/t6-,7-,9?/m1/s1. The molecule has 3 heteroatoms. The highest BCUT2D eigenvalue weighted by Crippen LogP contribution is 2.52. The van der Waals surface area contributed by atoms with E-state index in [9.17, 15) is 4.79 Å². The first-order chi connectivity index (χ1) is 5.62. The van der Waals surface area contributed by atoms with Crippen LogP contribution in [0.5, 0.6) is 0 Å². The van der Waals surface area contributed by atoms with Gasteiger partial charge in [-0.15, -0.1) is 0 Å². The van der Waals surface area contributed by atoms with E-state index in [2.05, 4.69) is 0 Å². The van der Waals surface area contributed by atoms with Gasteiger partial charge in [0.05, 0.1) is 0 Å². The Kier molecular flexibility index (Phi) is 1.65. The summed E-state index contributed by atoms with van der Waals surface area (Å²) in [6.07, 6.45) is 5.09. The lowest BCUT2D eigenvalue weighted by molar-refractivity contribution is -0.119. The van der Waals surface area contributed by atoms with Crippen molar-refractivity contribution in [3.8, 4) is 0 Å². The summed E-state index contributed by atoms with van der Waals surface area (Å²) in [4.78, 5) is 10.8. The predicted molar refractivity (Wildman–Crippen MR) is 46.2 cm³/mol. The van der Waals surface area contributed by atoms with Crippen molar-refractivity contribution in [2.75, 3.05) is 0 Å². The van der Waals surface area contributed by atoms with Crippen LogP contribution in [0, 0.1) is 11.8 Å². The lowest BCUT2D eigenvalue weighted by Crippen LogP contribution is -2.50. The fourth-order valence-corrected chi connectivity index (χ4v) is 2.85. The fourth-order valence-electron chi connectivity index (χ4n) is 2.85. The third-order valence-electron chi connectivity index (χ3n) is 3.64. The lowest BCUT2D eigenvalue weighted by atomic mass is 9.68. The average molecular weight is 168 g/mol. The predicted octanol–water partition coefficient (Wildman–Crippen LogP) is 0.379. The Morgan fingerprint density at radius 1 is 1.42 bits per heavy atom. The van der Waals surface area contributed by atoms with Crippen molar-refractivity contribution in [3.63, 3.8) is 0 Å². The summed E-state index contributed by atoms with van der Waals surface area (Å²) < 4.78 is 0. The minimum Gasteiger partial charge on any atom is -0.370 e. The maximum atomic E-state index is 10.8. The van der Waals surface area contributed by atoms with E-state index < -0.39 is 0 Å². The van der Waals surface area contributed by atoms with Crippen molar-refractivity contribution in [1.29, 1.82) is 0 Å². The molecule has 4 N–H and O–H groups in total. The number of primary amides is 1. The van der Waals surface area contributed by atoms with Crippen molar-refractivity contribution in [3.05, 3.63) is 0 Å². The zero-order chi connectivity index (χ0) is 8.77. The van der Waals surface area contributed by atoms with Crippen molar-refractivity contribution in [2.45, 2.75) is 37.6 Å². The van der Waals surface area contributed by atoms with Gasteiger partial charge in [-0.3, -0.25) is 4.79 Å². The zero-order valence-electron chi connectivity index (χ0n) is 7.25. The van der Waals surface area contributed by atoms with Crippen LogP contribution in [0.1, 0.15) is 32.1 Å². The van der Waals surface area contributed by atoms with Crippen molar-refractivity contribution in [2.24, 2.45) is 23.3 Å². The largest absolute Gasteiger partial charge is 0.370 e. The Labute approximate surface area is 72.5 Å². The monoisotopic (exact) mass is 168 g/mol. The summed E-state index contributed by atoms with van der Waals surface area (Å²) in [6, 6.07) is 0.